The van der Waals surface area contributed by atoms with Crippen molar-refractivity contribution in [2.45, 2.75) is 31.7 Å². The third-order valence-electron chi connectivity index (χ3n) is 3.06. The maximum absolute atomic E-state index is 9.34. The molecule has 4 nitrogen and oxygen atoms in total. The van der Waals surface area contributed by atoms with Crippen LogP contribution < -0.4 is 5.32 Å². The zero-order valence-electron chi connectivity index (χ0n) is 8.76. The standard InChI is InChI=1S/C11H17N3O/c15-8-10(9-3-1-2-4-9)14-11-7-12-5-6-13-11/h5-7,9-10,15H,1-4,8H2,(H,13,14). The summed E-state index contributed by atoms with van der Waals surface area (Å²) >= 11 is 0. The van der Waals surface area contributed by atoms with Crippen molar-refractivity contribution in [2.24, 2.45) is 5.92 Å². The molecule has 82 valence electrons. The molecule has 1 saturated carbocycles. The molecule has 1 fully saturated rings. The van der Waals surface area contributed by atoms with Gasteiger partial charge in [0.25, 0.3) is 0 Å². The van der Waals surface area contributed by atoms with E-state index in [9.17, 15) is 5.11 Å². The monoisotopic (exact) mass is 207 g/mol. The first-order chi connectivity index (χ1) is 7.40. The van der Waals surface area contributed by atoms with E-state index in [2.05, 4.69) is 15.3 Å². The van der Waals surface area contributed by atoms with Crippen LogP contribution in [0.15, 0.2) is 18.6 Å². The van der Waals surface area contributed by atoms with Gasteiger partial charge in [-0.1, -0.05) is 12.8 Å². The Kier molecular flexibility index (Phi) is 3.50. The van der Waals surface area contributed by atoms with Gasteiger partial charge in [-0.15, -0.1) is 0 Å². The molecule has 2 rings (SSSR count). The van der Waals surface area contributed by atoms with Crippen LogP contribution in [0.25, 0.3) is 0 Å². The van der Waals surface area contributed by atoms with Crippen molar-refractivity contribution in [2.75, 3.05) is 11.9 Å². The van der Waals surface area contributed by atoms with Crippen LogP contribution in [0.3, 0.4) is 0 Å². The lowest BCUT2D eigenvalue weighted by Gasteiger charge is -2.22. The Bertz CT molecular complexity index is 285. The molecule has 0 saturated heterocycles. The van der Waals surface area contributed by atoms with Gasteiger partial charge < -0.3 is 10.4 Å². The Morgan fingerprint density at radius 3 is 2.80 bits per heavy atom. The van der Waals surface area contributed by atoms with Crippen LogP contribution in [0.4, 0.5) is 5.82 Å². The van der Waals surface area contributed by atoms with Gasteiger partial charge in [-0.25, -0.2) is 4.98 Å². The lowest BCUT2D eigenvalue weighted by atomic mass is 9.99. The van der Waals surface area contributed by atoms with Gasteiger partial charge in [0.2, 0.25) is 0 Å². The van der Waals surface area contributed by atoms with Crippen LogP contribution >= 0.6 is 0 Å². The van der Waals surface area contributed by atoms with Crippen LogP contribution in [0.5, 0.6) is 0 Å². The zero-order valence-corrected chi connectivity index (χ0v) is 8.76. The lowest BCUT2D eigenvalue weighted by molar-refractivity contribution is 0.238. The molecule has 15 heavy (non-hydrogen) atoms. The summed E-state index contributed by atoms with van der Waals surface area (Å²) in [6.45, 7) is 0.168. The molecule has 1 unspecified atom stereocenters. The van der Waals surface area contributed by atoms with Gasteiger partial charge in [-0.2, -0.15) is 0 Å². The first-order valence-electron chi connectivity index (χ1n) is 5.53. The quantitative estimate of drug-likeness (QED) is 0.784. The third kappa shape index (κ3) is 2.65. The number of aliphatic hydroxyl groups is 1. The maximum atomic E-state index is 9.34. The van der Waals surface area contributed by atoms with E-state index in [0.29, 0.717) is 5.92 Å². The third-order valence-corrected chi connectivity index (χ3v) is 3.06. The number of aromatic nitrogens is 2. The fourth-order valence-electron chi connectivity index (χ4n) is 2.24. The summed E-state index contributed by atoms with van der Waals surface area (Å²) in [5.74, 6) is 1.33. The van der Waals surface area contributed by atoms with Gasteiger partial charge in [0.05, 0.1) is 18.8 Å². The Morgan fingerprint density at radius 2 is 2.20 bits per heavy atom. The summed E-state index contributed by atoms with van der Waals surface area (Å²) in [6.07, 6.45) is 9.97. The van der Waals surface area contributed by atoms with E-state index in [1.54, 1.807) is 18.6 Å². The summed E-state index contributed by atoms with van der Waals surface area (Å²) < 4.78 is 0. The van der Waals surface area contributed by atoms with E-state index in [1.807, 2.05) is 0 Å². The van der Waals surface area contributed by atoms with Gasteiger partial charge >= 0.3 is 0 Å². The van der Waals surface area contributed by atoms with E-state index in [4.69, 9.17) is 0 Å². The van der Waals surface area contributed by atoms with E-state index in [1.165, 1.54) is 25.7 Å². The van der Waals surface area contributed by atoms with Crippen molar-refractivity contribution in [3.63, 3.8) is 0 Å². The molecule has 0 radical (unpaired) electrons. The van der Waals surface area contributed by atoms with E-state index >= 15 is 0 Å². The highest BCUT2D eigenvalue weighted by Crippen LogP contribution is 2.28. The summed E-state index contributed by atoms with van der Waals surface area (Å²) in [5.41, 5.74) is 0. The van der Waals surface area contributed by atoms with Crippen molar-refractivity contribution < 1.29 is 5.11 Å². The molecule has 1 aliphatic carbocycles. The molecule has 1 heterocycles. The average molecular weight is 207 g/mol. The molecule has 0 amide bonds. The zero-order chi connectivity index (χ0) is 10.5. The number of rotatable bonds is 4. The molecule has 1 aliphatic rings. The van der Waals surface area contributed by atoms with Crippen molar-refractivity contribution in [1.82, 2.24) is 9.97 Å². The summed E-state index contributed by atoms with van der Waals surface area (Å²) in [5, 5.41) is 12.6. The molecular formula is C11H17N3O. The topological polar surface area (TPSA) is 58.0 Å². The summed E-state index contributed by atoms with van der Waals surface area (Å²) in [4.78, 5) is 8.15. The predicted octanol–water partition coefficient (Wildman–Crippen LogP) is 1.44. The minimum Gasteiger partial charge on any atom is -0.394 e. The smallest absolute Gasteiger partial charge is 0.144 e. The highest BCUT2D eigenvalue weighted by atomic mass is 16.3. The average Bonchev–Trinajstić information content (AvgIpc) is 2.81. The van der Waals surface area contributed by atoms with Gasteiger partial charge in [0.15, 0.2) is 0 Å². The van der Waals surface area contributed by atoms with Crippen molar-refractivity contribution >= 4 is 5.82 Å². The largest absolute Gasteiger partial charge is 0.394 e. The van der Waals surface area contributed by atoms with E-state index in [-0.39, 0.29) is 12.6 Å². The highest BCUT2D eigenvalue weighted by molar-refractivity contribution is 5.31. The van der Waals surface area contributed by atoms with Gasteiger partial charge in [0.1, 0.15) is 5.82 Å². The second-order valence-electron chi connectivity index (χ2n) is 4.07. The molecule has 0 aliphatic heterocycles. The van der Waals surface area contributed by atoms with Gasteiger partial charge in [-0.3, -0.25) is 4.98 Å². The minimum atomic E-state index is 0.129. The number of hydrogen-bond acceptors (Lipinski definition) is 4. The van der Waals surface area contributed by atoms with Crippen molar-refractivity contribution in [1.29, 1.82) is 0 Å². The molecule has 0 bridgehead atoms. The van der Waals surface area contributed by atoms with Gasteiger partial charge in [0, 0.05) is 12.4 Å². The van der Waals surface area contributed by atoms with E-state index < -0.39 is 0 Å². The van der Waals surface area contributed by atoms with Crippen molar-refractivity contribution in [3.05, 3.63) is 18.6 Å². The first kappa shape index (κ1) is 10.4. The molecular weight excluding hydrogens is 190 g/mol. The van der Waals surface area contributed by atoms with E-state index in [0.717, 1.165) is 5.82 Å². The van der Waals surface area contributed by atoms with Crippen LogP contribution in [0, 0.1) is 5.92 Å². The fraction of sp³-hybridized carbons (Fsp3) is 0.636. The Morgan fingerprint density at radius 1 is 1.40 bits per heavy atom. The maximum Gasteiger partial charge on any atom is 0.144 e. The lowest BCUT2D eigenvalue weighted by Crippen LogP contribution is -2.31. The Balaban J connectivity index is 1.96. The fourth-order valence-corrected chi connectivity index (χ4v) is 2.24. The van der Waals surface area contributed by atoms with Crippen LogP contribution in [0.1, 0.15) is 25.7 Å². The second-order valence-corrected chi connectivity index (χ2v) is 4.07. The first-order valence-corrected chi connectivity index (χ1v) is 5.53. The number of aliphatic hydroxyl groups excluding tert-OH is 1. The minimum absolute atomic E-state index is 0.129. The number of nitrogens with zero attached hydrogens (tertiary/aromatic N) is 2. The Hall–Kier alpha value is -1.16. The number of anilines is 1. The van der Waals surface area contributed by atoms with Crippen LogP contribution in [-0.2, 0) is 0 Å². The SMILES string of the molecule is OCC(Nc1cnccn1)C1CCCC1. The molecule has 0 aromatic carbocycles. The van der Waals surface area contributed by atoms with Gasteiger partial charge in [-0.05, 0) is 18.8 Å². The Labute approximate surface area is 89.8 Å². The second kappa shape index (κ2) is 5.07. The van der Waals surface area contributed by atoms with Crippen molar-refractivity contribution in [3.8, 4) is 0 Å². The number of hydrogen-bond donors (Lipinski definition) is 2. The molecule has 1 aromatic rings. The predicted molar refractivity (Wildman–Crippen MR) is 58.5 cm³/mol. The highest BCUT2D eigenvalue weighted by Gasteiger charge is 2.24. The number of nitrogens with one attached hydrogen (secondary N) is 1. The molecule has 1 aromatic heterocycles. The molecule has 0 spiro atoms. The summed E-state index contributed by atoms with van der Waals surface area (Å²) in [6, 6.07) is 0.129. The van der Waals surface area contributed by atoms with Crippen LogP contribution in [0.2, 0.25) is 0 Å². The molecule has 4 heteroatoms. The molecule has 2 N–H and O–H groups in total. The summed E-state index contributed by atoms with van der Waals surface area (Å²) in [7, 11) is 0. The normalized spacial score (nSPS) is 19.0. The molecule has 1 atom stereocenters. The van der Waals surface area contributed by atoms with Crippen LogP contribution in [-0.4, -0.2) is 27.7 Å².